The number of rotatable bonds is 4. The number of hydrogen-bond donors (Lipinski definition) is 1. The second kappa shape index (κ2) is 6.09. The summed E-state index contributed by atoms with van der Waals surface area (Å²) in [5.74, 6) is 0.763. The highest BCUT2D eigenvalue weighted by Crippen LogP contribution is 2.21. The highest BCUT2D eigenvalue weighted by atomic mass is 14.9. The Morgan fingerprint density at radius 1 is 1.10 bits per heavy atom. The van der Waals surface area contributed by atoms with Gasteiger partial charge in [0.1, 0.15) is 0 Å². The molecule has 0 bridgehead atoms. The maximum atomic E-state index is 4.65. The van der Waals surface area contributed by atoms with Crippen molar-refractivity contribution in [2.24, 2.45) is 0 Å². The van der Waals surface area contributed by atoms with Crippen LogP contribution in [0.5, 0.6) is 0 Å². The molecule has 0 radical (unpaired) electrons. The quantitative estimate of drug-likeness (QED) is 0.928. The van der Waals surface area contributed by atoms with E-state index < -0.39 is 0 Å². The smallest absolute Gasteiger partial charge is 0.161 e. The fourth-order valence-corrected chi connectivity index (χ4v) is 2.12. The Balaban J connectivity index is 2.38. The van der Waals surface area contributed by atoms with Gasteiger partial charge in [-0.3, -0.25) is 4.98 Å². The first-order valence-corrected chi connectivity index (χ1v) is 6.97. The zero-order valence-electron chi connectivity index (χ0n) is 12.9. The summed E-state index contributed by atoms with van der Waals surface area (Å²) in [5.41, 5.74) is 5.39. The van der Waals surface area contributed by atoms with Crippen molar-refractivity contribution in [3.05, 3.63) is 41.0 Å². The largest absolute Gasteiger partial charge is 0.310 e. The Morgan fingerprint density at radius 3 is 2.30 bits per heavy atom. The monoisotopic (exact) mass is 270 g/mol. The van der Waals surface area contributed by atoms with Crippen LogP contribution in [0.2, 0.25) is 0 Å². The molecule has 0 aliphatic heterocycles. The van der Waals surface area contributed by atoms with Gasteiger partial charge in [-0.1, -0.05) is 13.8 Å². The van der Waals surface area contributed by atoms with Crippen LogP contribution in [0.25, 0.3) is 11.4 Å². The van der Waals surface area contributed by atoms with Crippen LogP contribution in [-0.2, 0) is 6.54 Å². The van der Waals surface area contributed by atoms with E-state index in [1.807, 2.05) is 26.1 Å². The summed E-state index contributed by atoms with van der Waals surface area (Å²) in [4.78, 5) is 13.5. The molecule has 2 rings (SSSR count). The molecule has 0 amide bonds. The lowest BCUT2D eigenvalue weighted by Gasteiger charge is -2.14. The summed E-state index contributed by atoms with van der Waals surface area (Å²) in [6.07, 6.45) is 3.62. The second-order valence-electron chi connectivity index (χ2n) is 5.42. The van der Waals surface area contributed by atoms with Crippen molar-refractivity contribution in [3.63, 3.8) is 0 Å². The van der Waals surface area contributed by atoms with E-state index in [9.17, 15) is 0 Å². The standard InChI is InChI=1S/C16H22N4/c1-10(2)18-9-15-12(4)19-16(20-13(15)5)14-8-17-7-6-11(14)3/h6-8,10,18H,9H2,1-5H3. The SMILES string of the molecule is Cc1ccncc1-c1nc(C)c(CNC(C)C)c(C)n1. The number of hydrogen-bond acceptors (Lipinski definition) is 4. The van der Waals surface area contributed by atoms with Crippen LogP contribution in [-0.4, -0.2) is 21.0 Å². The van der Waals surface area contributed by atoms with Crippen molar-refractivity contribution in [1.29, 1.82) is 0 Å². The minimum absolute atomic E-state index is 0.453. The Hall–Kier alpha value is -1.81. The number of aromatic nitrogens is 3. The van der Waals surface area contributed by atoms with Gasteiger partial charge in [0.15, 0.2) is 5.82 Å². The van der Waals surface area contributed by atoms with E-state index in [-0.39, 0.29) is 0 Å². The first kappa shape index (κ1) is 14.6. The zero-order chi connectivity index (χ0) is 14.7. The van der Waals surface area contributed by atoms with E-state index in [2.05, 4.69) is 41.0 Å². The molecule has 4 nitrogen and oxygen atoms in total. The van der Waals surface area contributed by atoms with Crippen molar-refractivity contribution in [2.75, 3.05) is 0 Å². The molecule has 0 aromatic carbocycles. The predicted molar refractivity (Wildman–Crippen MR) is 81.4 cm³/mol. The summed E-state index contributed by atoms with van der Waals surface area (Å²) < 4.78 is 0. The third-order valence-electron chi connectivity index (χ3n) is 3.39. The van der Waals surface area contributed by atoms with Gasteiger partial charge in [0, 0.05) is 47.5 Å². The van der Waals surface area contributed by atoms with Crippen LogP contribution in [0.3, 0.4) is 0 Å². The molecule has 0 atom stereocenters. The van der Waals surface area contributed by atoms with Crippen molar-refractivity contribution >= 4 is 0 Å². The Kier molecular flexibility index (Phi) is 4.45. The minimum atomic E-state index is 0.453. The molecule has 1 N–H and O–H groups in total. The molecule has 0 saturated heterocycles. The number of pyridine rings is 1. The molecule has 4 heteroatoms. The normalized spacial score (nSPS) is 11.1. The molecule has 0 aliphatic rings. The maximum Gasteiger partial charge on any atom is 0.161 e. The molecule has 0 unspecified atom stereocenters. The number of aryl methyl sites for hydroxylation is 3. The van der Waals surface area contributed by atoms with E-state index in [0.717, 1.165) is 34.9 Å². The third kappa shape index (κ3) is 3.20. The van der Waals surface area contributed by atoms with E-state index >= 15 is 0 Å². The van der Waals surface area contributed by atoms with Crippen molar-refractivity contribution in [3.8, 4) is 11.4 Å². The second-order valence-corrected chi connectivity index (χ2v) is 5.42. The van der Waals surface area contributed by atoms with Gasteiger partial charge < -0.3 is 5.32 Å². The average molecular weight is 270 g/mol. The van der Waals surface area contributed by atoms with Gasteiger partial charge in [0.25, 0.3) is 0 Å². The lowest BCUT2D eigenvalue weighted by Crippen LogP contribution is -2.23. The van der Waals surface area contributed by atoms with E-state index in [0.29, 0.717) is 6.04 Å². The van der Waals surface area contributed by atoms with Crippen LogP contribution in [0.15, 0.2) is 18.5 Å². The highest BCUT2D eigenvalue weighted by molar-refractivity contribution is 5.58. The van der Waals surface area contributed by atoms with Gasteiger partial charge in [-0.05, 0) is 32.4 Å². The Bertz CT molecular complexity index is 582. The summed E-state index contributed by atoms with van der Waals surface area (Å²) in [6.45, 7) is 11.2. The van der Waals surface area contributed by atoms with Gasteiger partial charge in [-0.15, -0.1) is 0 Å². The molecular weight excluding hydrogens is 248 g/mol. The molecule has 0 aliphatic carbocycles. The third-order valence-corrected chi connectivity index (χ3v) is 3.39. The van der Waals surface area contributed by atoms with Gasteiger partial charge in [0.2, 0.25) is 0 Å². The minimum Gasteiger partial charge on any atom is -0.310 e. The van der Waals surface area contributed by atoms with Crippen molar-refractivity contribution in [2.45, 2.75) is 47.2 Å². The molecule has 2 aromatic heterocycles. The molecule has 2 aromatic rings. The summed E-state index contributed by atoms with van der Waals surface area (Å²) >= 11 is 0. The van der Waals surface area contributed by atoms with Crippen molar-refractivity contribution < 1.29 is 0 Å². The summed E-state index contributed by atoms with van der Waals surface area (Å²) in [5, 5.41) is 3.42. The van der Waals surface area contributed by atoms with Gasteiger partial charge in [-0.2, -0.15) is 0 Å². The topological polar surface area (TPSA) is 50.7 Å². The first-order chi connectivity index (χ1) is 9.49. The van der Waals surface area contributed by atoms with Gasteiger partial charge in [0.05, 0.1) is 0 Å². The molecule has 0 fully saturated rings. The lowest BCUT2D eigenvalue weighted by atomic mass is 10.1. The first-order valence-electron chi connectivity index (χ1n) is 6.97. The summed E-state index contributed by atoms with van der Waals surface area (Å²) in [6, 6.07) is 2.44. The fraction of sp³-hybridized carbons (Fsp3) is 0.438. The molecule has 0 saturated carbocycles. The van der Waals surface area contributed by atoms with Crippen LogP contribution in [0, 0.1) is 20.8 Å². The van der Waals surface area contributed by atoms with Crippen LogP contribution < -0.4 is 5.32 Å². The molecular formula is C16H22N4. The molecule has 0 spiro atoms. The number of nitrogens with zero attached hydrogens (tertiary/aromatic N) is 3. The lowest BCUT2D eigenvalue weighted by molar-refractivity contribution is 0.583. The fourth-order valence-electron chi connectivity index (χ4n) is 2.12. The highest BCUT2D eigenvalue weighted by Gasteiger charge is 2.11. The average Bonchev–Trinajstić information content (AvgIpc) is 2.37. The van der Waals surface area contributed by atoms with Crippen LogP contribution in [0.4, 0.5) is 0 Å². The van der Waals surface area contributed by atoms with Crippen LogP contribution in [0.1, 0.15) is 36.4 Å². The maximum absolute atomic E-state index is 4.65. The van der Waals surface area contributed by atoms with E-state index in [1.54, 1.807) is 6.20 Å². The van der Waals surface area contributed by atoms with E-state index in [4.69, 9.17) is 0 Å². The summed E-state index contributed by atoms with van der Waals surface area (Å²) in [7, 11) is 0. The predicted octanol–water partition coefficient (Wildman–Crippen LogP) is 2.96. The van der Waals surface area contributed by atoms with Gasteiger partial charge >= 0.3 is 0 Å². The zero-order valence-corrected chi connectivity index (χ0v) is 12.9. The van der Waals surface area contributed by atoms with E-state index in [1.165, 1.54) is 5.56 Å². The molecule has 2 heterocycles. The molecule has 106 valence electrons. The number of nitrogens with one attached hydrogen (secondary N) is 1. The molecule has 20 heavy (non-hydrogen) atoms. The Morgan fingerprint density at radius 2 is 1.75 bits per heavy atom. The Labute approximate surface area is 120 Å². The van der Waals surface area contributed by atoms with Crippen LogP contribution >= 0.6 is 0 Å². The van der Waals surface area contributed by atoms with Gasteiger partial charge in [-0.25, -0.2) is 9.97 Å². The van der Waals surface area contributed by atoms with Crippen molar-refractivity contribution in [1.82, 2.24) is 20.3 Å².